The molecule has 0 aliphatic heterocycles. The molecule has 1 aromatic carbocycles. The number of rotatable bonds is 8. The van der Waals surface area contributed by atoms with Gasteiger partial charge in [-0.1, -0.05) is 24.8 Å². The van der Waals surface area contributed by atoms with E-state index in [2.05, 4.69) is 13.0 Å². The summed E-state index contributed by atoms with van der Waals surface area (Å²) in [6, 6.07) is 9.67. The highest BCUT2D eigenvalue weighted by atomic mass is 32.2. The van der Waals surface area contributed by atoms with Crippen LogP contribution in [0.15, 0.2) is 34.2 Å². The number of unbranched alkanes of at least 4 members (excludes halogenated alkanes) is 2. The molecule has 146 valence electrons. The van der Waals surface area contributed by atoms with E-state index in [0.29, 0.717) is 22.7 Å². The van der Waals surface area contributed by atoms with Crippen LogP contribution in [-0.2, 0) is 6.42 Å². The molecule has 0 atom stereocenters. The summed E-state index contributed by atoms with van der Waals surface area (Å²) in [6.45, 7) is 4.11. The Balaban J connectivity index is 2.12. The second-order valence-electron chi connectivity index (χ2n) is 6.38. The maximum atomic E-state index is 13.5. The van der Waals surface area contributed by atoms with E-state index in [-0.39, 0.29) is 5.56 Å². The van der Waals surface area contributed by atoms with Crippen LogP contribution >= 0.6 is 23.1 Å². The van der Waals surface area contributed by atoms with Crippen LogP contribution in [0, 0.1) is 18.3 Å². The maximum Gasteiger partial charge on any atom is 0.267 e. The Labute approximate surface area is 173 Å². The monoisotopic (exact) mass is 413 g/mol. The van der Waals surface area contributed by atoms with E-state index in [1.807, 2.05) is 31.2 Å². The van der Waals surface area contributed by atoms with E-state index in [9.17, 15) is 4.79 Å². The van der Waals surface area contributed by atoms with E-state index in [0.717, 1.165) is 41.1 Å². The molecule has 7 heteroatoms. The highest BCUT2D eigenvalue weighted by molar-refractivity contribution is 7.99. The van der Waals surface area contributed by atoms with Gasteiger partial charge in [0.05, 0.1) is 24.3 Å². The molecule has 0 amide bonds. The number of aromatic nitrogens is 2. The first kappa shape index (κ1) is 20.4. The molecule has 0 aliphatic rings. The van der Waals surface area contributed by atoms with Crippen LogP contribution in [0.5, 0.6) is 5.75 Å². The predicted molar refractivity (Wildman–Crippen MR) is 116 cm³/mol. The fraction of sp³-hybridized carbons (Fsp3) is 0.381. The van der Waals surface area contributed by atoms with Crippen molar-refractivity contribution in [2.24, 2.45) is 0 Å². The molecular formula is C21H23N3O2S2. The van der Waals surface area contributed by atoms with Gasteiger partial charge in [0, 0.05) is 23.1 Å². The summed E-state index contributed by atoms with van der Waals surface area (Å²) in [7, 11) is 1.62. The Morgan fingerprint density at radius 2 is 2.18 bits per heavy atom. The Kier molecular flexibility index (Phi) is 6.76. The van der Waals surface area contributed by atoms with E-state index in [1.54, 1.807) is 34.8 Å². The summed E-state index contributed by atoms with van der Waals surface area (Å²) in [5.41, 5.74) is 1.75. The van der Waals surface area contributed by atoms with Gasteiger partial charge in [-0.15, -0.1) is 11.3 Å². The van der Waals surface area contributed by atoms with Crippen molar-refractivity contribution in [3.8, 4) is 17.5 Å². The summed E-state index contributed by atoms with van der Waals surface area (Å²) < 4.78 is 7.04. The van der Waals surface area contributed by atoms with Crippen LogP contribution in [0.2, 0.25) is 0 Å². The lowest BCUT2D eigenvalue weighted by atomic mass is 10.2. The van der Waals surface area contributed by atoms with Gasteiger partial charge in [-0.3, -0.25) is 9.36 Å². The third kappa shape index (κ3) is 4.08. The number of nitriles is 1. The first-order chi connectivity index (χ1) is 13.6. The number of hydrogen-bond donors (Lipinski definition) is 0. The third-order valence-electron chi connectivity index (χ3n) is 4.58. The van der Waals surface area contributed by atoms with Crippen molar-refractivity contribution in [2.75, 3.05) is 12.9 Å². The average molecular weight is 414 g/mol. The molecular weight excluding hydrogens is 390 g/mol. The molecule has 3 rings (SSSR count). The van der Waals surface area contributed by atoms with Gasteiger partial charge in [0.1, 0.15) is 10.6 Å². The van der Waals surface area contributed by atoms with Crippen molar-refractivity contribution in [1.82, 2.24) is 9.55 Å². The van der Waals surface area contributed by atoms with Crippen molar-refractivity contribution >= 4 is 33.3 Å². The highest BCUT2D eigenvalue weighted by Gasteiger charge is 2.19. The second kappa shape index (κ2) is 9.26. The number of nitrogens with zero attached hydrogens (tertiary/aromatic N) is 3. The number of benzene rings is 1. The number of thiophene rings is 1. The normalized spacial score (nSPS) is 10.9. The van der Waals surface area contributed by atoms with Crippen molar-refractivity contribution in [3.05, 3.63) is 45.1 Å². The fourth-order valence-corrected chi connectivity index (χ4v) is 5.26. The number of thioether (sulfide) groups is 1. The standard InChI is InChI=1S/C21H23N3O2S2/c1-4-17-14(2)18-19(28-17)23-21(27-12-7-5-6-11-22)24(20(18)25)15-9-8-10-16(13-15)26-3/h8-10,13H,4-7,12H2,1-3H3. The van der Waals surface area contributed by atoms with Crippen molar-refractivity contribution in [2.45, 2.75) is 44.7 Å². The highest BCUT2D eigenvalue weighted by Crippen LogP contribution is 2.31. The summed E-state index contributed by atoms with van der Waals surface area (Å²) in [5, 5.41) is 10.1. The van der Waals surface area contributed by atoms with Crippen molar-refractivity contribution < 1.29 is 4.74 Å². The Morgan fingerprint density at radius 3 is 2.89 bits per heavy atom. The molecule has 5 nitrogen and oxygen atoms in total. The second-order valence-corrected chi connectivity index (χ2v) is 8.53. The Morgan fingerprint density at radius 1 is 1.36 bits per heavy atom. The van der Waals surface area contributed by atoms with Crippen LogP contribution in [0.25, 0.3) is 15.9 Å². The maximum absolute atomic E-state index is 13.5. The number of methoxy groups -OCH3 is 1. The van der Waals surface area contributed by atoms with E-state index < -0.39 is 0 Å². The number of ether oxygens (including phenoxy) is 1. The van der Waals surface area contributed by atoms with Crippen LogP contribution < -0.4 is 10.3 Å². The molecule has 2 aromatic heterocycles. The van der Waals surface area contributed by atoms with Crippen LogP contribution in [-0.4, -0.2) is 22.4 Å². The van der Waals surface area contributed by atoms with Crippen LogP contribution in [0.4, 0.5) is 0 Å². The first-order valence-corrected chi connectivity index (χ1v) is 11.1. The Hall–Kier alpha value is -2.30. The first-order valence-electron chi connectivity index (χ1n) is 9.29. The molecule has 0 unspecified atom stereocenters. The zero-order valence-corrected chi connectivity index (χ0v) is 18.0. The quantitative estimate of drug-likeness (QED) is 0.291. The van der Waals surface area contributed by atoms with Gasteiger partial charge < -0.3 is 4.74 Å². The lowest BCUT2D eigenvalue weighted by Crippen LogP contribution is -2.21. The smallest absolute Gasteiger partial charge is 0.267 e. The molecule has 0 saturated carbocycles. The summed E-state index contributed by atoms with van der Waals surface area (Å²) in [4.78, 5) is 20.3. The predicted octanol–water partition coefficient (Wildman–Crippen LogP) is 5.11. The number of fused-ring (bicyclic) bond motifs is 1. The molecule has 0 fully saturated rings. The molecule has 0 bridgehead atoms. The zero-order chi connectivity index (χ0) is 20.1. The molecule has 0 spiro atoms. The minimum atomic E-state index is -0.0359. The van der Waals surface area contributed by atoms with E-state index in [1.165, 1.54) is 4.88 Å². The fourth-order valence-electron chi connectivity index (χ4n) is 3.09. The van der Waals surface area contributed by atoms with Crippen LogP contribution in [0.3, 0.4) is 0 Å². The van der Waals surface area contributed by atoms with Gasteiger partial charge in [-0.05, 0) is 43.9 Å². The topological polar surface area (TPSA) is 67.9 Å². The van der Waals surface area contributed by atoms with Gasteiger partial charge in [0.25, 0.3) is 5.56 Å². The van der Waals surface area contributed by atoms with Gasteiger partial charge in [-0.25, -0.2) is 4.98 Å². The number of aryl methyl sites for hydroxylation is 2. The molecule has 28 heavy (non-hydrogen) atoms. The van der Waals surface area contributed by atoms with E-state index in [4.69, 9.17) is 15.0 Å². The molecule has 2 heterocycles. The molecule has 0 N–H and O–H groups in total. The van der Waals surface area contributed by atoms with Crippen molar-refractivity contribution in [3.63, 3.8) is 0 Å². The molecule has 0 radical (unpaired) electrons. The molecule has 3 aromatic rings. The minimum absolute atomic E-state index is 0.0359. The Bertz CT molecular complexity index is 1080. The van der Waals surface area contributed by atoms with Crippen LogP contribution in [0.1, 0.15) is 36.6 Å². The van der Waals surface area contributed by atoms with Gasteiger partial charge >= 0.3 is 0 Å². The van der Waals surface area contributed by atoms with Gasteiger partial charge in [0.2, 0.25) is 0 Å². The lowest BCUT2D eigenvalue weighted by Gasteiger charge is -2.13. The average Bonchev–Trinajstić information content (AvgIpc) is 3.03. The molecule has 0 aliphatic carbocycles. The minimum Gasteiger partial charge on any atom is -0.497 e. The van der Waals surface area contributed by atoms with Gasteiger partial charge in [-0.2, -0.15) is 5.26 Å². The summed E-state index contributed by atoms with van der Waals surface area (Å²) in [5.74, 6) is 1.51. The van der Waals surface area contributed by atoms with Crippen molar-refractivity contribution in [1.29, 1.82) is 5.26 Å². The van der Waals surface area contributed by atoms with Gasteiger partial charge in [0.15, 0.2) is 5.16 Å². The third-order valence-corrected chi connectivity index (χ3v) is 6.93. The summed E-state index contributed by atoms with van der Waals surface area (Å²) >= 11 is 3.17. The summed E-state index contributed by atoms with van der Waals surface area (Å²) in [6.07, 6.45) is 3.21. The SMILES string of the molecule is CCc1sc2nc(SCCCCC#N)n(-c3cccc(OC)c3)c(=O)c2c1C. The number of hydrogen-bond acceptors (Lipinski definition) is 6. The van der Waals surface area contributed by atoms with E-state index >= 15 is 0 Å². The molecule has 0 saturated heterocycles. The zero-order valence-electron chi connectivity index (χ0n) is 16.3. The lowest BCUT2D eigenvalue weighted by molar-refractivity contribution is 0.414. The largest absolute Gasteiger partial charge is 0.497 e.